The molecule has 2 aliphatic heterocycles. The minimum atomic E-state index is -2.91. The molecule has 2 N–H and O–H groups in total. The van der Waals surface area contributed by atoms with Crippen LogP contribution in [0, 0.1) is 5.92 Å². The zero-order chi connectivity index (χ0) is 19.9. The molecule has 1 atom stereocenters. The number of rotatable bonds is 7. The van der Waals surface area contributed by atoms with Crippen LogP contribution >= 0.6 is 24.0 Å². The Hall–Kier alpha value is -1.56. The highest BCUT2D eigenvalue weighted by Gasteiger charge is 2.20. The summed E-state index contributed by atoms with van der Waals surface area (Å²) in [6.07, 6.45) is 2.54. The van der Waals surface area contributed by atoms with Gasteiger partial charge in [0, 0.05) is 44.9 Å². The van der Waals surface area contributed by atoms with E-state index in [4.69, 9.17) is 9.47 Å². The number of hydrogen-bond donors (Lipinski definition) is 2. The lowest BCUT2D eigenvalue weighted by Crippen LogP contribution is -2.43. The van der Waals surface area contributed by atoms with Crippen LogP contribution in [0.2, 0.25) is 0 Å². The molecule has 0 amide bonds. The van der Waals surface area contributed by atoms with Gasteiger partial charge >= 0.3 is 6.61 Å². The molecule has 3 rings (SSSR count). The molecule has 10 heteroatoms. The predicted octanol–water partition coefficient (Wildman–Crippen LogP) is 3.03. The van der Waals surface area contributed by atoms with Gasteiger partial charge < -0.3 is 29.7 Å². The lowest BCUT2D eigenvalue weighted by Gasteiger charge is -2.30. The molecule has 2 aliphatic rings. The maximum Gasteiger partial charge on any atom is 0.387 e. The van der Waals surface area contributed by atoms with Gasteiger partial charge in [-0.3, -0.25) is 4.99 Å². The Morgan fingerprint density at radius 2 is 2.07 bits per heavy atom. The van der Waals surface area contributed by atoms with E-state index in [9.17, 15) is 8.78 Å². The van der Waals surface area contributed by atoms with Crippen LogP contribution in [-0.4, -0.2) is 57.5 Å². The quantitative estimate of drug-likeness (QED) is 0.324. The first-order valence-corrected chi connectivity index (χ1v) is 9.59. The summed E-state index contributed by atoms with van der Waals surface area (Å²) >= 11 is 0. The third kappa shape index (κ3) is 7.02. The van der Waals surface area contributed by atoms with Crippen LogP contribution in [0.25, 0.3) is 0 Å². The molecule has 2 heterocycles. The maximum atomic E-state index is 12.7. The van der Waals surface area contributed by atoms with Gasteiger partial charge in [-0.15, -0.1) is 24.0 Å². The second-order valence-corrected chi connectivity index (χ2v) is 7.09. The van der Waals surface area contributed by atoms with Crippen LogP contribution in [0.5, 0.6) is 17.2 Å². The van der Waals surface area contributed by atoms with Crippen LogP contribution in [0.3, 0.4) is 0 Å². The Kier molecular flexibility index (Phi) is 9.47. The van der Waals surface area contributed by atoms with Crippen molar-refractivity contribution in [3.63, 3.8) is 0 Å². The van der Waals surface area contributed by atoms with E-state index in [-0.39, 0.29) is 43.1 Å². The summed E-state index contributed by atoms with van der Waals surface area (Å²) in [5, 5.41) is 6.40. The molecule has 1 unspecified atom stereocenters. The van der Waals surface area contributed by atoms with Crippen molar-refractivity contribution < 1.29 is 23.0 Å². The highest BCUT2D eigenvalue weighted by atomic mass is 127. The zero-order valence-electron chi connectivity index (χ0n) is 16.7. The van der Waals surface area contributed by atoms with Crippen LogP contribution in [0.15, 0.2) is 17.1 Å². The summed E-state index contributed by atoms with van der Waals surface area (Å²) < 4.78 is 40.7. The smallest absolute Gasteiger partial charge is 0.387 e. The summed E-state index contributed by atoms with van der Waals surface area (Å²) in [7, 11) is 1.68. The van der Waals surface area contributed by atoms with Gasteiger partial charge in [-0.05, 0) is 31.4 Å². The summed E-state index contributed by atoms with van der Waals surface area (Å²) in [5.41, 5.74) is 0.539. The number of benzene rings is 1. The van der Waals surface area contributed by atoms with Crippen molar-refractivity contribution in [2.45, 2.75) is 32.9 Å². The van der Waals surface area contributed by atoms with Crippen LogP contribution in [-0.2, 0) is 6.54 Å². The van der Waals surface area contributed by atoms with Crippen molar-refractivity contribution in [1.29, 1.82) is 0 Å². The largest absolute Gasteiger partial charge is 0.454 e. The van der Waals surface area contributed by atoms with E-state index in [0.717, 1.165) is 32.1 Å². The summed E-state index contributed by atoms with van der Waals surface area (Å²) in [5.74, 6) is 2.32. The fourth-order valence-corrected chi connectivity index (χ4v) is 3.53. The Morgan fingerprint density at radius 1 is 1.31 bits per heavy atom. The molecule has 164 valence electrons. The van der Waals surface area contributed by atoms with E-state index < -0.39 is 6.61 Å². The number of aliphatic imine (C=N–C) groups is 1. The number of halogens is 3. The summed E-state index contributed by atoms with van der Waals surface area (Å²) in [6, 6.07) is 3.08. The van der Waals surface area contributed by atoms with E-state index >= 15 is 0 Å². The lowest BCUT2D eigenvalue weighted by atomic mass is 10.0. The summed E-state index contributed by atoms with van der Waals surface area (Å²) in [6.45, 7) is 3.65. The number of ether oxygens (including phenoxy) is 3. The number of nitrogens with one attached hydrogen (secondary N) is 2. The standard InChI is InChI=1S/C19H28F2N4O3.HI/c1-13-4-3-6-25(11-13)7-5-23-19(22-2)24-10-14-8-16-17(27-12-26-16)9-15(14)28-18(20)21;/h8-9,13,18H,3-7,10-12H2,1-2H3,(H2,22,23,24);1H. The third-order valence-corrected chi connectivity index (χ3v) is 4.90. The van der Waals surface area contributed by atoms with Gasteiger partial charge in [-0.1, -0.05) is 6.92 Å². The fourth-order valence-electron chi connectivity index (χ4n) is 3.53. The number of alkyl halides is 2. The topological polar surface area (TPSA) is 67.4 Å². The first-order valence-electron chi connectivity index (χ1n) is 9.59. The molecular weight excluding hydrogens is 497 g/mol. The molecule has 1 aromatic carbocycles. The molecule has 1 fully saturated rings. The molecule has 0 aliphatic carbocycles. The molecule has 7 nitrogen and oxygen atoms in total. The summed E-state index contributed by atoms with van der Waals surface area (Å²) in [4.78, 5) is 6.64. The molecular formula is C19H29F2IN4O3. The van der Waals surface area contributed by atoms with Crippen molar-refractivity contribution in [3.05, 3.63) is 17.7 Å². The van der Waals surface area contributed by atoms with Crippen molar-refractivity contribution in [3.8, 4) is 17.2 Å². The molecule has 0 radical (unpaired) electrons. The highest BCUT2D eigenvalue weighted by molar-refractivity contribution is 14.0. The first kappa shape index (κ1) is 23.7. The molecule has 0 aromatic heterocycles. The van der Waals surface area contributed by atoms with E-state index in [0.29, 0.717) is 23.0 Å². The minimum absolute atomic E-state index is 0. The van der Waals surface area contributed by atoms with Crippen LogP contribution < -0.4 is 24.8 Å². The van der Waals surface area contributed by atoms with Gasteiger partial charge in [-0.2, -0.15) is 8.78 Å². The highest BCUT2D eigenvalue weighted by Crippen LogP contribution is 2.38. The van der Waals surface area contributed by atoms with Crippen LogP contribution in [0.4, 0.5) is 8.78 Å². The molecule has 0 spiro atoms. The molecule has 0 bridgehead atoms. The van der Waals surface area contributed by atoms with Crippen molar-refractivity contribution in [1.82, 2.24) is 15.5 Å². The second kappa shape index (κ2) is 11.6. The first-order chi connectivity index (χ1) is 13.5. The van der Waals surface area contributed by atoms with E-state index in [1.165, 1.54) is 18.9 Å². The number of guanidine groups is 1. The van der Waals surface area contributed by atoms with Gasteiger partial charge in [0.15, 0.2) is 17.5 Å². The SMILES string of the molecule is CN=C(NCCN1CCCC(C)C1)NCc1cc2c(cc1OC(F)F)OCO2.I. The molecule has 1 aromatic rings. The van der Waals surface area contributed by atoms with Crippen LogP contribution in [0.1, 0.15) is 25.3 Å². The van der Waals surface area contributed by atoms with Gasteiger partial charge in [0.25, 0.3) is 0 Å². The van der Waals surface area contributed by atoms with Gasteiger partial charge in [0.05, 0.1) is 0 Å². The lowest BCUT2D eigenvalue weighted by molar-refractivity contribution is -0.0505. The van der Waals surface area contributed by atoms with Crippen molar-refractivity contribution in [2.24, 2.45) is 10.9 Å². The van der Waals surface area contributed by atoms with E-state index in [2.05, 4.69) is 32.2 Å². The normalized spacial score (nSPS) is 19.1. The number of piperidine rings is 1. The third-order valence-electron chi connectivity index (χ3n) is 4.90. The average Bonchev–Trinajstić information content (AvgIpc) is 3.11. The Morgan fingerprint density at radius 3 is 2.76 bits per heavy atom. The molecule has 29 heavy (non-hydrogen) atoms. The van der Waals surface area contributed by atoms with E-state index in [1.807, 2.05) is 0 Å². The van der Waals surface area contributed by atoms with Gasteiger partial charge in [0.2, 0.25) is 6.79 Å². The zero-order valence-corrected chi connectivity index (χ0v) is 19.1. The average molecular weight is 526 g/mol. The fraction of sp³-hybridized carbons (Fsp3) is 0.632. The van der Waals surface area contributed by atoms with Crippen molar-refractivity contribution >= 4 is 29.9 Å². The Bertz CT molecular complexity index is 694. The van der Waals surface area contributed by atoms with Crippen molar-refractivity contribution in [2.75, 3.05) is 40.0 Å². The number of fused-ring (bicyclic) bond motifs is 1. The number of nitrogens with zero attached hydrogens (tertiary/aromatic N) is 2. The Balaban J connectivity index is 0.00000300. The Labute approximate surface area is 187 Å². The van der Waals surface area contributed by atoms with Gasteiger partial charge in [0.1, 0.15) is 5.75 Å². The molecule has 0 saturated carbocycles. The monoisotopic (exact) mass is 526 g/mol. The molecule has 1 saturated heterocycles. The number of likely N-dealkylation sites (tertiary alicyclic amines) is 1. The second-order valence-electron chi connectivity index (χ2n) is 7.09. The van der Waals surface area contributed by atoms with Gasteiger partial charge in [-0.25, -0.2) is 0 Å². The predicted molar refractivity (Wildman–Crippen MR) is 118 cm³/mol. The van der Waals surface area contributed by atoms with E-state index in [1.54, 1.807) is 13.1 Å². The minimum Gasteiger partial charge on any atom is -0.454 e. The number of hydrogen-bond acceptors (Lipinski definition) is 5. The maximum absolute atomic E-state index is 12.7.